The fourth-order valence-corrected chi connectivity index (χ4v) is 2.14. The van der Waals surface area contributed by atoms with E-state index in [2.05, 4.69) is 25.2 Å². The molecular weight excluding hydrogens is 294 g/mol. The Morgan fingerprint density at radius 3 is 2.38 bits per heavy atom. The third kappa shape index (κ3) is 4.28. The molecule has 0 spiro atoms. The molecule has 2 aromatic rings. The second-order valence-corrected chi connectivity index (χ2v) is 6.11. The van der Waals surface area contributed by atoms with Gasteiger partial charge >= 0.3 is 0 Å². The monoisotopic (exact) mass is 309 g/mol. The highest BCUT2D eigenvalue weighted by Crippen LogP contribution is 2.15. The van der Waals surface area contributed by atoms with Crippen molar-refractivity contribution in [3.05, 3.63) is 35.9 Å². The minimum atomic E-state index is -3.32. The zero-order valence-corrected chi connectivity index (χ0v) is 12.4. The van der Waals surface area contributed by atoms with Crippen LogP contribution in [0.4, 0.5) is 11.4 Å². The van der Waals surface area contributed by atoms with E-state index in [1.807, 2.05) is 6.92 Å². The molecule has 0 aliphatic heterocycles. The Morgan fingerprint density at radius 1 is 1.24 bits per heavy atom. The maximum Gasteiger partial charge on any atom is 0.295 e. The number of amides is 1. The third-order valence-corrected chi connectivity index (χ3v) is 3.12. The second kappa shape index (κ2) is 5.92. The van der Waals surface area contributed by atoms with Crippen LogP contribution in [0.25, 0.3) is 0 Å². The van der Waals surface area contributed by atoms with Gasteiger partial charge in [-0.15, -0.1) is 5.10 Å². The molecule has 0 aliphatic rings. The van der Waals surface area contributed by atoms with E-state index in [0.29, 0.717) is 23.6 Å². The molecule has 1 amide bonds. The Balaban J connectivity index is 2.04. The van der Waals surface area contributed by atoms with Crippen molar-refractivity contribution in [2.45, 2.75) is 13.3 Å². The zero-order valence-electron chi connectivity index (χ0n) is 11.5. The molecular formula is C12H15N5O3S. The second-order valence-electron chi connectivity index (χ2n) is 4.36. The molecule has 0 atom stereocenters. The molecule has 21 heavy (non-hydrogen) atoms. The van der Waals surface area contributed by atoms with Gasteiger partial charge in [0, 0.05) is 17.8 Å². The minimum Gasteiger partial charge on any atom is -0.319 e. The van der Waals surface area contributed by atoms with Crippen LogP contribution in [0.15, 0.2) is 24.3 Å². The molecule has 3 N–H and O–H groups in total. The van der Waals surface area contributed by atoms with Gasteiger partial charge in [-0.2, -0.15) is 0 Å². The Labute approximate surface area is 122 Å². The zero-order chi connectivity index (χ0) is 15.5. The smallest absolute Gasteiger partial charge is 0.295 e. The van der Waals surface area contributed by atoms with E-state index in [1.165, 1.54) is 0 Å². The fraction of sp³-hybridized carbons (Fsp3) is 0.250. The number of sulfonamides is 1. The maximum atomic E-state index is 11.9. The van der Waals surface area contributed by atoms with Crippen molar-refractivity contribution in [2.24, 2.45) is 0 Å². The van der Waals surface area contributed by atoms with Crippen LogP contribution in [0.2, 0.25) is 0 Å². The Hall–Kier alpha value is -2.42. The Kier molecular flexibility index (Phi) is 4.22. The molecule has 0 aliphatic carbocycles. The molecule has 1 aromatic heterocycles. The lowest BCUT2D eigenvalue weighted by molar-refractivity contribution is 0.101. The van der Waals surface area contributed by atoms with Crippen LogP contribution < -0.4 is 10.0 Å². The molecule has 0 unspecified atom stereocenters. The standard InChI is InChI=1S/C12H15N5O3S/c1-3-10-14-11(16-15-10)12(18)13-8-4-6-9(7-5-8)17-21(2,19)20/h4-7,17H,3H2,1-2H3,(H,13,18)(H,14,15,16). The summed E-state index contributed by atoms with van der Waals surface area (Å²) in [5.74, 6) is 0.257. The summed E-state index contributed by atoms with van der Waals surface area (Å²) in [5, 5.41) is 9.09. The van der Waals surface area contributed by atoms with Crippen LogP contribution in [0.1, 0.15) is 23.4 Å². The summed E-state index contributed by atoms with van der Waals surface area (Å²) in [6.45, 7) is 1.90. The summed E-state index contributed by atoms with van der Waals surface area (Å²) in [6, 6.07) is 6.26. The van der Waals surface area contributed by atoms with Crippen LogP contribution in [-0.2, 0) is 16.4 Å². The average molecular weight is 309 g/mol. The van der Waals surface area contributed by atoms with Gasteiger partial charge in [0.2, 0.25) is 15.8 Å². The molecule has 1 aromatic carbocycles. The number of nitrogens with zero attached hydrogens (tertiary/aromatic N) is 2. The molecule has 2 rings (SSSR count). The number of hydrogen-bond acceptors (Lipinski definition) is 5. The number of aromatic nitrogens is 3. The predicted octanol–water partition coefficient (Wildman–Crippen LogP) is 0.991. The van der Waals surface area contributed by atoms with E-state index in [4.69, 9.17) is 0 Å². The van der Waals surface area contributed by atoms with Crippen LogP contribution in [0, 0.1) is 0 Å². The predicted molar refractivity (Wildman–Crippen MR) is 78.6 cm³/mol. The minimum absolute atomic E-state index is 0.0604. The van der Waals surface area contributed by atoms with Gasteiger partial charge in [-0.1, -0.05) is 6.92 Å². The normalized spacial score (nSPS) is 11.1. The van der Waals surface area contributed by atoms with Crippen LogP contribution in [0.5, 0.6) is 0 Å². The van der Waals surface area contributed by atoms with Crippen molar-refractivity contribution in [2.75, 3.05) is 16.3 Å². The summed E-state index contributed by atoms with van der Waals surface area (Å²) in [5.41, 5.74) is 0.934. The number of nitrogens with one attached hydrogen (secondary N) is 3. The fourth-order valence-electron chi connectivity index (χ4n) is 1.58. The molecule has 112 valence electrons. The van der Waals surface area contributed by atoms with Crippen molar-refractivity contribution in [1.29, 1.82) is 0 Å². The number of carbonyl (C=O) groups is 1. The number of rotatable bonds is 5. The summed E-state index contributed by atoms with van der Waals surface area (Å²) in [7, 11) is -3.32. The topological polar surface area (TPSA) is 117 Å². The van der Waals surface area contributed by atoms with Crippen LogP contribution in [-0.4, -0.2) is 35.8 Å². The lowest BCUT2D eigenvalue weighted by Gasteiger charge is -2.06. The number of aromatic amines is 1. The van der Waals surface area contributed by atoms with E-state index in [9.17, 15) is 13.2 Å². The highest BCUT2D eigenvalue weighted by atomic mass is 32.2. The van der Waals surface area contributed by atoms with E-state index in [1.54, 1.807) is 24.3 Å². The van der Waals surface area contributed by atoms with Gasteiger partial charge in [0.05, 0.1) is 6.26 Å². The number of benzene rings is 1. The number of aryl methyl sites for hydroxylation is 1. The first-order chi connectivity index (χ1) is 9.87. The van der Waals surface area contributed by atoms with E-state index >= 15 is 0 Å². The first-order valence-corrected chi connectivity index (χ1v) is 8.07. The average Bonchev–Trinajstić information content (AvgIpc) is 2.88. The van der Waals surface area contributed by atoms with Crippen molar-refractivity contribution in [1.82, 2.24) is 15.2 Å². The molecule has 0 fully saturated rings. The number of hydrogen-bond donors (Lipinski definition) is 3. The van der Waals surface area contributed by atoms with Crippen molar-refractivity contribution >= 4 is 27.3 Å². The summed E-state index contributed by atoms with van der Waals surface area (Å²) >= 11 is 0. The number of anilines is 2. The van der Waals surface area contributed by atoms with Gasteiger partial charge in [0.15, 0.2) is 0 Å². The SMILES string of the molecule is CCc1nc(C(=O)Nc2ccc(NS(C)(=O)=O)cc2)n[nH]1. The highest BCUT2D eigenvalue weighted by Gasteiger charge is 2.12. The molecule has 0 radical (unpaired) electrons. The van der Waals surface area contributed by atoms with Gasteiger partial charge in [0.25, 0.3) is 5.91 Å². The largest absolute Gasteiger partial charge is 0.319 e. The number of H-pyrrole nitrogens is 1. The van der Waals surface area contributed by atoms with Gasteiger partial charge in [-0.3, -0.25) is 14.6 Å². The molecule has 8 nitrogen and oxygen atoms in total. The molecule has 0 bridgehead atoms. The first-order valence-electron chi connectivity index (χ1n) is 6.18. The van der Waals surface area contributed by atoms with Gasteiger partial charge in [-0.05, 0) is 24.3 Å². The van der Waals surface area contributed by atoms with Crippen molar-refractivity contribution in [3.63, 3.8) is 0 Å². The molecule has 0 saturated heterocycles. The van der Waals surface area contributed by atoms with Gasteiger partial charge in [0.1, 0.15) is 5.82 Å². The van der Waals surface area contributed by atoms with Crippen LogP contribution >= 0.6 is 0 Å². The Bertz CT molecular complexity index is 737. The molecule has 1 heterocycles. The third-order valence-electron chi connectivity index (χ3n) is 2.52. The highest BCUT2D eigenvalue weighted by molar-refractivity contribution is 7.92. The van der Waals surface area contributed by atoms with Crippen molar-refractivity contribution in [3.8, 4) is 0 Å². The van der Waals surface area contributed by atoms with E-state index in [0.717, 1.165) is 6.26 Å². The summed E-state index contributed by atoms with van der Waals surface area (Å²) in [6.07, 6.45) is 1.73. The lowest BCUT2D eigenvalue weighted by atomic mass is 10.3. The number of carbonyl (C=O) groups excluding carboxylic acids is 1. The van der Waals surface area contributed by atoms with E-state index in [-0.39, 0.29) is 5.82 Å². The molecule has 0 saturated carbocycles. The van der Waals surface area contributed by atoms with Crippen molar-refractivity contribution < 1.29 is 13.2 Å². The lowest BCUT2D eigenvalue weighted by Crippen LogP contribution is -2.14. The summed E-state index contributed by atoms with van der Waals surface area (Å²) < 4.78 is 24.5. The van der Waals surface area contributed by atoms with Gasteiger partial charge in [-0.25, -0.2) is 13.4 Å². The summed E-state index contributed by atoms with van der Waals surface area (Å²) in [4.78, 5) is 15.9. The van der Waals surface area contributed by atoms with Gasteiger partial charge < -0.3 is 5.32 Å². The van der Waals surface area contributed by atoms with E-state index < -0.39 is 15.9 Å². The first kappa shape index (κ1) is 15.0. The quantitative estimate of drug-likeness (QED) is 0.761. The maximum absolute atomic E-state index is 11.9. The van der Waals surface area contributed by atoms with Crippen LogP contribution in [0.3, 0.4) is 0 Å². The Morgan fingerprint density at radius 2 is 1.86 bits per heavy atom. The molecule has 9 heteroatoms.